The Morgan fingerprint density at radius 3 is 2.54 bits per heavy atom. The maximum atomic E-state index is 12.6. The minimum absolute atomic E-state index is 0.0593. The van der Waals surface area contributed by atoms with Crippen molar-refractivity contribution in [1.82, 2.24) is 15.8 Å². The molecule has 0 bridgehead atoms. The molecule has 1 spiro atoms. The number of benzene rings is 1. The van der Waals surface area contributed by atoms with E-state index in [1.54, 1.807) is 0 Å². The standard InChI is InChI=1S/C17H19F3N4O4/c18-17(19,20)28-12-7-3-2-6-11(12)21-10-13(25)23-24-14(26)16(22-15(24)27)8-4-1-5-9-16/h2-3,6-7,21H,1,4-5,8-10H2,(H,22,27)(H,23,25). The Kier molecular flexibility index (Phi) is 5.34. The Balaban J connectivity index is 1.59. The number of hydrazine groups is 1. The van der Waals surface area contributed by atoms with Crippen molar-refractivity contribution in [2.45, 2.75) is 44.0 Å². The number of anilines is 1. The highest BCUT2D eigenvalue weighted by Gasteiger charge is 2.52. The zero-order valence-corrected chi connectivity index (χ0v) is 14.8. The topological polar surface area (TPSA) is 99.8 Å². The molecule has 152 valence electrons. The van der Waals surface area contributed by atoms with Gasteiger partial charge in [-0.05, 0) is 25.0 Å². The normalized spacial score (nSPS) is 18.8. The van der Waals surface area contributed by atoms with E-state index < -0.39 is 42.0 Å². The number of ether oxygens (including phenoxy) is 1. The Morgan fingerprint density at radius 1 is 1.18 bits per heavy atom. The van der Waals surface area contributed by atoms with Crippen LogP contribution in [0.2, 0.25) is 0 Å². The Labute approximate surface area is 158 Å². The summed E-state index contributed by atoms with van der Waals surface area (Å²) in [6.07, 6.45) is -1.31. The number of rotatable bonds is 5. The molecule has 3 N–H and O–H groups in total. The second-order valence-corrected chi connectivity index (χ2v) is 6.65. The first-order valence-electron chi connectivity index (χ1n) is 8.75. The molecular weight excluding hydrogens is 381 g/mol. The summed E-state index contributed by atoms with van der Waals surface area (Å²) in [5.41, 5.74) is 1.15. The maximum Gasteiger partial charge on any atom is 0.573 e. The largest absolute Gasteiger partial charge is 0.573 e. The second-order valence-electron chi connectivity index (χ2n) is 6.65. The van der Waals surface area contributed by atoms with Gasteiger partial charge in [-0.25, -0.2) is 4.79 Å². The van der Waals surface area contributed by atoms with Crippen LogP contribution in [0.4, 0.5) is 23.7 Å². The predicted molar refractivity (Wildman–Crippen MR) is 91.0 cm³/mol. The highest BCUT2D eigenvalue weighted by Crippen LogP contribution is 2.33. The third-order valence-corrected chi connectivity index (χ3v) is 4.66. The van der Waals surface area contributed by atoms with Crippen molar-refractivity contribution in [2.75, 3.05) is 11.9 Å². The molecule has 1 saturated heterocycles. The molecule has 0 unspecified atom stereocenters. The highest BCUT2D eigenvalue weighted by atomic mass is 19.4. The molecule has 1 heterocycles. The number of carbonyl (C=O) groups is 3. The Hall–Kier alpha value is -2.98. The molecule has 1 aliphatic carbocycles. The summed E-state index contributed by atoms with van der Waals surface area (Å²) in [5, 5.41) is 5.78. The molecule has 0 radical (unpaired) electrons. The minimum atomic E-state index is -4.88. The van der Waals surface area contributed by atoms with Gasteiger partial charge < -0.3 is 15.4 Å². The summed E-state index contributed by atoms with van der Waals surface area (Å²) in [5.74, 6) is -1.79. The first-order valence-corrected chi connectivity index (χ1v) is 8.75. The van der Waals surface area contributed by atoms with Crippen LogP contribution in [0.1, 0.15) is 32.1 Å². The van der Waals surface area contributed by atoms with Gasteiger partial charge in [0.2, 0.25) is 0 Å². The second kappa shape index (κ2) is 7.56. The fourth-order valence-corrected chi connectivity index (χ4v) is 3.38. The van der Waals surface area contributed by atoms with Gasteiger partial charge in [0.1, 0.15) is 5.54 Å². The number of imide groups is 1. The number of carbonyl (C=O) groups excluding carboxylic acids is 3. The van der Waals surface area contributed by atoms with Gasteiger partial charge >= 0.3 is 12.4 Å². The molecule has 0 aromatic heterocycles. The number of hydrogen-bond acceptors (Lipinski definition) is 5. The third-order valence-electron chi connectivity index (χ3n) is 4.66. The Bertz CT molecular complexity index is 778. The van der Waals surface area contributed by atoms with Crippen LogP contribution in [0.3, 0.4) is 0 Å². The van der Waals surface area contributed by atoms with Crippen molar-refractivity contribution in [2.24, 2.45) is 0 Å². The lowest BCUT2D eigenvalue weighted by atomic mass is 9.82. The third kappa shape index (κ3) is 4.29. The molecule has 1 aliphatic heterocycles. The van der Waals surface area contributed by atoms with E-state index >= 15 is 0 Å². The number of nitrogens with one attached hydrogen (secondary N) is 3. The van der Waals surface area contributed by atoms with Gasteiger partial charge in [0.25, 0.3) is 11.8 Å². The van der Waals surface area contributed by atoms with E-state index in [-0.39, 0.29) is 5.69 Å². The molecule has 2 fully saturated rings. The number of hydrogen-bond donors (Lipinski definition) is 3. The van der Waals surface area contributed by atoms with Crippen LogP contribution in [0.25, 0.3) is 0 Å². The van der Waals surface area contributed by atoms with Crippen LogP contribution in [-0.4, -0.2) is 41.3 Å². The number of halogens is 3. The van der Waals surface area contributed by atoms with Crippen molar-refractivity contribution >= 4 is 23.5 Å². The summed E-state index contributed by atoms with van der Waals surface area (Å²) in [6.45, 7) is -0.470. The number of amides is 4. The molecule has 8 nitrogen and oxygen atoms in total. The average molecular weight is 400 g/mol. The molecule has 28 heavy (non-hydrogen) atoms. The van der Waals surface area contributed by atoms with Gasteiger partial charge in [-0.15, -0.1) is 13.2 Å². The van der Waals surface area contributed by atoms with E-state index in [2.05, 4.69) is 20.8 Å². The smallest absolute Gasteiger partial charge is 0.404 e. The van der Waals surface area contributed by atoms with Gasteiger partial charge in [0, 0.05) is 0 Å². The molecular formula is C17H19F3N4O4. The van der Waals surface area contributed by atoms with Crippen LogP contribution in [0, 0.1) is 0 Å². The summed E-state index contributed by atoms with van der Waals surface area (Å²) in [6, 6.07) is 4.50. The predicted octanol–water partition coefficient (Wildman–Crippen LogP) is 2.28. The van der Waals surface area contributed by atoms with Gasteiger partial charge in [0.05, 0.1) is 12.2 Å². The first-order chi connectivity index (χ1) is 13.2. The van der Waals surface area contributed by atoms with E-state index in [1.165, 1.54) is 18.2 Å². The molecule has 11 heteroatoms. The van der Waals surface area contributed by atoms with E-state index in [4.69, 9.17) is 0 Å². The number of alkyl halides is 3. The summed E-state index contributed by atoms with van der Waals surface area (Å²) in [7, 11) is 0. The van der Waals surface area contributed by atoms with Gasteiger partial charge in [-0.1, -0.05) is 31.4 Å². The van der Waals surface area contributed by atoms with Crippen LogP contribution in [0.15, 0.2) is 24.3 Å². The minimum Gasteiger partial charge on any atom is -0.404 e. The van der Waals surface area contributed by atoms with Crippen LogP contribution < -0.4 is 20.8 Å². The lowest BCUT2D eigenvalue weighted by Crippen LogP contribution is -2.51. The molecule has 1 saturated carbocycles. The zero-order valence-electron chi connectivity index (χ0n) is 14.8. The quantitative estimate of drug-likeness (QED) is 0.659. The lowest BCUT2D eigenvalue weighted by Gasteiger charge is -2.30. The van der Waals surface area contributed by atoms with E-state index in [0.717, 1.165) is 25.3 Å². The van der Waals surface area contributed by atoms with E-state index in [1.807, 2.05) is 0 Å². The van der Waals surface area contributed by atoms with Gasteiger partial charge in [-0.3, -0.25) is 15.0 Å². The molecule has 4 amide bonds. The van der Waals surface area contributed by atoms with Crippen molar-refractivity contribution in [3.63, 3.8) is 0 Å². The molecule has 1 aromatic rings. The van der Waals surface area contributed by atoms with Crippen molar-refractivity contribution in [3.8, 4) is 5.75 Å². The molecule has 3 rings (SSSR count). The van der Waals surface area contributed by atoms with Crippen LogP contribution >= 0.6 is 0 Å². The number of urea groups is 1. The summed E-state index contributed by atoms with van der Waals surface area (Å²) >= 11 is 0. The lowest BCUT2D eigenvalue weighted by molar-refractivity contribution is -0.274. The SMILES string of the molecule is O=C(CNc1ccccc1OC(F)(F)F)NN1C(=O)NC2(CCCCC2)C1=O. The van der Waals surface area contributed by atoms with E-state index in [0.29, 0.717) is 17.9 Å². The molecule has 0 atom stereocenters. The highest BCUT2D eigenvalue weighted by molar-refractivity contribution is 6.08. The van der Waals surface area contributed by atoms with Crippen LogP contribution in [-0.2, 0) is 9.59 Å². The first kappa shape index (κ1) is 19.8. The van der Waals surface area contributed by atoms with Gasteiger partial charge in [0.15, 0.2) is 5.75 Å². The van der Waals surface area contributed by atoms with Gasteiger partial charge in [-0.2, -0.15) is 5.01 Å². The molecule has 1 aromatic carbocycles. The van der Waals surface area contributed by atoms with Crippen molar-refractivity contribution in [3.05, 3.63) is 24.3 Å². The van der Waals surface area contributed by atoms with E-state index in [9.17, 15) is 27.6 Å². The summed E-state index contributed by atoms with van der Waals surface area (Å²) in [4.78, 5) is 36.8. The Morgan fingerprint density at radius 2 is 1.86 bits per heavy atom. The molecule has 2 aliphatic rings. The fraction of sp³-hybridized carbons (Fsp3) is 0.471. The number of para-hydroxylation sites is 2. The van der Waals surface area contributed by atoms with Crippen LogP contribution in [0.5, 0.6) is 5.75 Å². The van der Waals surface area contributed by atoms with Crippen molar-refractivity contribution in [1.29, 1.82) is 0 Å². The number of nitrogens with zero attached hydrogens (tertiary/aromatic N) is 1. The summed E-state index contributed by atoms with van der Waals surface area (Å²) < 4.78 is 41.2. The maximum absolute atomic E-state index is 12.6. The monoisotopic (exact) mass is 400 g/mol. The zero-order chi connectivity index (χ0) is 20.4. The van der Waals surface area contributed by atoms with Crippen molar-refractivity contribution < 1.29 is 32.3 Å². The fourth-order valence-electron chi connectivity index (χ4n) is 3.38. The average Bonchev–Trinajstić information content (AvgIpc) is 2.84.